The molecule has 3 aromatic rings. The Balaban J connectivity index is 1.67. The predicted octanol–water partition coefficient (Wildman–Crippen LogP) is 2.04. The second kappa shape index (κ2) is 6.75. The number of carbonyl (C=O) groups is 1. The number of anilines is 1. The van der Waals surface area contributed by atoms with Crippen molar-refractivity contribution in [2.45, 2.75) is 19.4 Å². The van der Waals surface area contributed by atoms with Crippen LogP contribution in [0.3, 0.4) is 0 Å². The number of aromatic nitrogens is 2. The highest BCUT2D eigenvalue weighted by atomic mass is 16.4. The molecule has 7 heteroatoms. The Labute approximate surface area is 154 Å². The van der Waals surface area contributed by atoms with Crippen molar-refractivity contribution in [2.75, 3.05) is 18.0 Å². The van der Waals surface area contributed by atoms with Crippen molar-refractivity contribution in [3.05, 3.63) is 74.4 Å². The Morgan fingerprint density at radius 3 is 2.41 bits per heavy atom. The Kier molecular flexibility index (Phi) is 4.27. The van der Waals surface area contributed by atoms with E-state index < -0.39 is 17.2 Å². The van der Waals surface area contributed by atoms with Gasteiger partial charge in [-0.3, -0.25) is 9.36 Å². The first kappa shape index (κ1) is 17.1. The van der Waals surface area contributed by atoms with E-state index in [0.717, 1.165) is 28.9 Å². The lowest BCUT2D eigenvalue weighted by atomic mass is 10.1. The largest absolute Gasteiger partial charge is 0.478 e. The third-order valence-electron chi connectivity index (χ3n) is 4.98. The van der Waals surface area contributed by atoms with Gasteiger partial charge in [-0.05, 0) is 48.7 Å². The predicted molar refractivity (Wildman–Crippen MR) is 103 cm³/mol. The second-order valence-corrected chi connectivity index (χ2v) is 6.75. The van der Waals surface area contributed by atoms with Crippen LogP contribution < -0.4 is 16.1 Å². The van der Waals surface area contributed by atoms with Crippen LogP contribution in [0.15, 0.2) is 52.1 Å². The zero-order chi connectivity index (χ0) is 19.0. The Bertz CT molecular complexity index is 1120. The molecular formula is C20H19N3O4. The van der Waals surface area contributed by atoms with Gasteiger partial charge >= 0.3 is 11.7 Å². The maximum absolute atomic E-state index is 12.7. The molecule has 0 unspecified atom stereocenters. The SMILES string of the molecule is O=C(O)c1ccc2c(=O)n(Cc3ccc(N4CCCC4)cc3)c(=O)[nH]c2c1. The van der Waals surface area contributed by atoms with E-state index in [1.54, 1.807) is 0 Å². The highest BCUT2D eigenvalue weighted by molar-refractivity contribution is 5.92. The number of carboxylic acid groups (broad SMARTS) is 1. The van der Waals surface area contributed by atoms with E-state index in [1.165, 1.54) is 31.0 Å². The minimum atomic E-state index is -1.11. The highest BCUT2D eigenvalue weighted by Crippen LogP contribution is 2.20. The van der Waals surface area contributed by atoms with Crippen LogP contribution in [0.4, 0.5) is 5.69 Å². The molecule has 1 fully saturated rings. The zero-order valence-electron chi connectivity index (χ0n) is 14.6. The van der Waals surface area contributed by atoms with Crippen LogP contribution in [0.5, 0.6) is 0 Å². The summed E-state index contributed by atoms with van der Waals surface area (Å²) >= 11 is 0. The van der Waals surface area contributed by atoms with E-state index in [1.807, 2.05) is 24.3 Å². The lowest BCUT2D eigenvalue weighted by Gasteiger charge is -2.17. The van der Waals surface area contributed by atoms with Crippen LogP contribution in [0.25, 0.3) is 10.9 Å². The average molecular weight is 365 g/mol. The number of hydrogen-bond acceptors (Lipinski definition) is 4. The van der Waals surface area contributed by atoms with Crippen LogP contribution in [0.2, 0.25) is 0 Å². The number of nitrogens with zero attached hydrogens (tertiary/aromatic N) is 2. The second-order valence-electron chi connectivity index (χ2n) is 6.75. The summed E-state index contributed by atoms with van der Waals surface area (Å²) in [5, 5.41) is 9.34. The molecule has 0 atom stereocenters. The number of benzene rings is 2. The molecule has 0 spiro atoms. The Morgan fingerprint density at radius 2 is 1.74 bits per heavy atom. The van der Waals surface area contributed by atoms with Gasteiger partial charge in [0, 0.05) is 18.8 Å². The number of rotatable bonds is 4. The fourth-order valence-corrected chi connectivity index (χ4v) is 3.50. The summed E-state index contributed by atoms with van der Waals surface area (Å²) in [4.78, 5) is 41.1. The van der Waals surface area contributed by atoms with Gasteiger partial charge in [-0.25, -0.2) is 9.59 Å². The average Bonchev–Trinajstić information content (AvgIpc) is 3.20. The van der Waals surface area contributed by atoms with E-state index in [4.69, 9.17) is 5.11 Å². The third kappa shape index (κ3) is 3.23. The molecule has 138 valence electrons. The molecule has 2 aromatic carbocycles. The van der Waals surface area contributed by atoms with Crippen LogP contribution in [-0.4, -0.2) is 33.7 Å². The van der Waals surface area contributed by atoms with Crippen molar-refractivity contribution in [1.29, 1.82) is 0 Å². The molecule has 0 saturated carbocycles. The third-order valence-corrected chi connectivity index (χ3v) is 4.98. The van der Waals surface area contributed by atoms with Gasteiger partial charge in [0.25, 0.3) is 5.56 Å². The van der Waals surface area contributed by atoms with Gasteiger partial charge in [0.05, 0.1) is 23.0 Å². The van der Waals surface area contributed by atoms with Crippen LogP contribution in [-0.2, 0) is 6.54 Å². The fourth-order valence-electron chi connectivity index (χ4n) is 3.50. The van der Waals surface area contributed by atoms with Gasteiger partial charge in [0.15, 0.2) is 0 Å². The maximum atomic E-state index is 12.7. The molecule has 2 heterocycles. The number of fused-ring (bicyclic) bond motifs is 1. The molecular weight excluding hydrogens is 346 g/mol. The highest BCUT2D eigenvalue weighted by Gasteiger charge is 2.13. The molecule has 4 rings (SSSR count). The van der Waals surface area contributed by atoms with Gasteiger partial charge in [-0.15, -0.1) is 0 Å². The summed E-state index contributed by atoms with van der Waals surface area (Å²) in [6, 6.07) is 12.0. The minimum Gasteiger partial charge on any atom is -0.478 e. The molecule has 0 amide bonds. The number of hydrogen-bond donors (Lipinski definition) is 2. The summed E-state index contributed by atoms with van der Waals surface area (Å²) in [5.41, 5.74) is 1.26. The Hall–Kier alpha value is -3.35. The summed E-state index contributed by atoms with van der Waals surface area (Å²) in [5.74, 6) is -1.11. The van der Waals surface area contributed by atoms with Gasteiger partial charge in [0.2, 0.25) is 0 Å². The molecule has 0 aliphatic carbocycles. The molecule has 27 heavy (non-hydrogen) atoms. The fraction of sp³-hybridized carbons (Fsp3) is 0.250. The first-order valence-corrected chi connectivity index (χ1v) is 8.87. The smallest absolute Gasteiger partial charge is 0.335 e. The summed E-state index contributed by atoms with van der Waals surface area (Å²) in [7, 11) is 0. The molecule has 1 aliphatic heterocycles. The first-order chi connectivity index (χ1) is 13.0. The monoisotopic (exact) mass is 365 g/mol. The lowest BCUT2D eigenvalue weighted by molar-refractivity contribution is 0.0697. The van der Waals surface area contributed by atoms with Crippen LogP contribution in [0.1, 0.15) is 28.8 Å². The molecule has 0 radical (unpaired) electrons. The van der Waals surface area contributed by atoms with E-state index in [9.17, 15) is 14.4 Å². The zero-order valence-corrected chi connectivity index (χ0v) is 14.6. The van der Waals surface area contributed by atoms with Crippen molar-refractivity contribution in [3.63, 3.8) is 0 Å². The van der Waals surface area contributed by atoms with E-state index in [2.05, 4.69) is 9.88 Å². The summed E-state index contributed by atoms with van der Waals surface area (Å²) in [6.45, 7) is 2.27. The molecule has 2 N–H and O–H groups in total. The minimum absolute atomic E-state index is 0.0211. The number of H-pyrrole nitrogens is 1. The van der Waals surface area contributed by atoms with Gasteiger partial charge < -0.3 is 15.0 Å². The topological polar surface area (TPSA) is 95.4 Å². The number of carboxylic acids is 1. The summed E-state index contributed by atoms with van der Waals surface area (Å²) in [6.07, 6.45) is 2.40. The first-order valence-electron chi connectivity index (χ1n) is 8.87. The van der Waals surface area contributed by atoms with Crippen LogP contribution >= 0.6 is 0 Å². The van der Waals surface area contributed by atoms with Crippen molar-refractivity contribution >= 4 is 22.6 Å². The van der Waals surface area contributed by atoms with Crippen molar-refractivity contribution in [2.24, 2.45) is 0 Å². The quantitative estimate of drug-likeness (QED) is 0.738. The molecule has 1 aromatic heterocycles. The maximum Gasteiger partial charge on any atom is 0.335 e. The lowest BCUT2D eigenvalue weighted by Crippen LogP contribution is -2.35. The molecule has 1 saturated heterocycles. The van der Waals surface area contributed by atoms with Crippen molar-refractivity contribution in [3.8, 4) is 0 Å². The van der Waals surface area contributed by atoms with Gasteiger partial charge in [-0.2, -0.15) is 0 Å². The van der Waals surface area contributed by atoms with E-state index >= 15 is 0 Å². The van der Waals surface area contributed by atoms with Gasteiger partial charge in [0.1, 0.15) is 0 Å². The number of nitrogens with one attached hydrogen (secondary N) is 1. The van der Waals surface area contributed by atoms with Gasteiger partial charge in [-0.1, -0.05) is 12.1 Å². The number of aromatic carboxylic acids is 1. The summed E-state index contributed by atoms with van der Waals surface area (Å²) < 4.78 is 1.13. The van der Waals surface area contributed by atoms with Crippen LogP contribution in [0, 0.1) is 0 Å². The molecule has 7 nitrogen and oxygen atoms in total. The number of aromatic amines is 1. The Morgan fingerprint density at radius 1 is 1.04 bits per heavy atom. The van der Waals surface area contributed by atoms with Crippen molar-refractivity contribution < 1.29 is 9.90 Å². The standard InChI is InChI=1S/C20H19N3O4/c24-18-16-8-5-14(19(25)26)11-17(16)21-20(27)23(18)12-13-3-6-15(7-4-13)22-9-1-2-10-22/h3-8,11H,1-2,9-10,12H2,(H,21,27)(H,25,26). The molecule has 0 bridgehead atoms. The normalized spacial score (nSPS) is 14.0. The van der Waals surface area contributed by atoms with E-state index in [-0.39, 0.29) is 23.0 Å². The van der Waals surface area contributed by atoms with E-state index in [0.29, 0.717) is 0 Å². The van der Waals surface area contributed by atoms with Crippen molar-refractivity contribution in [1.82, 2.24) is 9.55 Å². The molecule has 1 aliphatic rings.